The number of nitrogens with zero attached hydrogens (tertiary/aromatic N) is 4. The van der Waals surface area contributed by atoms with E-state index in [0.717, 1.165) is 43.8 Å². The lowest BCUT2D eigenvalue weighted by Gasteiger charge is -2.11. The molecule has 0 aliphatic heterocycles. The molecule has 0 atom stereocenters. The summed E-state index contributed by atoms with van der Waals surface area (Å²) in [6, 6.07) is 52.6. The Morgan fingerprint density at radius 3 is 1.98 bits per heavy atom. The average molecular weight is 641 g/mol. The van der Waals surface area contributed by atoms with Gasteiger partial charge in [0, 0.05) is 48.0 Å². The first-order valence-corrected chi connectivity index (χ1v) is 17.4. The number of aromatic nitrogens is 4. The normalized spacial score (nSPS) is 12.5. The third-order valence-electron chi connectivity index (χ3n) is 10.4. The first-order chi connectivity index (χ1) is 24.3. The monoisotopic (exact) mass is 640 g/mol. The van der Waals surface area contributed by atoms with Crippen LogP contribution in [0.5, 0.6) is 0 Å². The Bertz CT molecular complexity index is 3330. The summed E-state index contributed by atoms with van der Waals surface area (Å²) in [6.07, 6.45) is 0. The Hall–Kier alpha value is -6.30. The molecule has 0 N–H and O–H groups in total. The van der Waals surface area contributed by atoms with Crippen molar-refractivity contribution >= 4 is 102 Å². The van der Waals surface area contributed by atoms with Crippen LogP contribution in [0.3, 0.4) is 0 Å². The molecule has 49 heavy (non-hydrogen) atoms. The molecule has 4 nitrogen and oxygen atoms in total. The Labute approximate surface area is 283 Å². The lowest BCUT2D eigenvalue weighted by Crippen LogP contribution is -2.01. The molecule has 0 saturated heterocycles. The number of hydrogen-bond donors (Lipinski definition) is 0. The molecule has 7 aromatic carbocycles. The summed E-state index contributed by atoms with van der Waals surface area (Å²) >= 11 is 1.78. The second-order valence-corrected chi connectivity index (χ2v) is 14.0. The highest BCUT2D eigenvalue weighted by molar-refractivity contribution is 7.26. The minimum absolute atomic E-state index is 0.733. The molecule has 5 heteroatoms. The maximum absolute atomic E-state index is 5.45. The second kappa shape index (κ2) is 9.19. The fourth-order valence-electron chi connectivity index (χ4n) is 8.37. The molecule has 0 bridgehead atoms. The van der Waals surface area contributed by atoms with Crippen molar-refractivity contribution in [3.63, 3.8) is 0 Å². The van der Waals surface area contributed by atoms with Gasteiger partial charge >= 0.3 is 0 Å². The number of rotatable bonds is 2. The van der Waals surface area contributed by atoms with E-state index in [0.29, 0.717) is 0 Å². The highest BCUT2D eigenvalue weighted by Crippen LogP contribution is 2.48. The Morgan fingerprint density at radius 2 is 1.14 bits per heavy atom. The summed E-state index contributed by atoms with van der Waals surface area (Å²) in [5.41, 5.74) is 8.05. The minimum atomic E-state index is 0.733. The molecular weight excluding hydrogens is 617 g/mol. The number of hydrogen-bond acceptors (Lipinski definition) is 3. The van der Waals surface area contributed by atoms with Crippen molar-refractivity contribution in [2.24, 2.45) is 0 Å². The van der Waals surface area contributed by atoms with E-state index in [1.54, 1.807) is 11.3 Å². The van der Waals surface area contributed by atoms with E-state index >= 15 is 0 Å². The van der Waals surface area contributed by atoms with E-state index in [1.165, 1.54) is 64.3 Å². The van der Waals surface area contributed by atoms with Gasteiger partial charge in [0.25, 0.3) is 0 Å². The van der Waals surface area contributed by atoms with Gasteiger partial charge in [-0.2, -0.15) is 0 Å². The van der Waals surface area contributed by atoms with E-state index < -0.39 is 0 Å². The van der Waals surface area contributed by atoms with Gasteiger partial charge in [0.1, 0.15) is 0 Å². The predicted molar refractivity (Wildman–Crippen MR) is 207 cm³/mol. The smallest absolute Gasteiger partial charge is 0.162 e. The third-order valence-corrected chi connectivity index (χ3v) is 11.6. The lowest BCUT2D eigenvalue weighted by atomic mass is 10.0. The summed E-state index contributed by atoms with van der Waals surface area (Å²) in [5, 5.41) is 11.2. The van der Waals surface area contributed by atoms with Crippen LogP contribution in [-0.2, 0) is 0 Å². The van der Waals surface area contributed by atoms with Gasteiger partial charge in [-0.1, -0.05) is 109 Å². The summed E-state index contributed by atoms with van der Waals surface area (Å²) in [6.45, 7) is 0. The van der Waals surface area contributed by atoms with Gasteiger partial charge in [0.15, 0.2) is 11.6 Å². The van der Waals surface area contributed by atoms with Gasteiger partial charge < -0.3 is 4.40 Å². The van der Waals surface area contributed by atoms with Crippen LogP contribution in [0, 0.1) is 0 Å². The summed E-state index contributed by atoms with van der Waals surface area (Å²) < 4.78 is 7.21. The molecule has 0 aliphatic carbocycles. The van der Waals surface area contributed by atoms with Crippen LogP contribution in [0.4, 0.5) is 0 Å². The van der Waals surface area contributed by atoms with Crippen LogP contribution in [0.25, 0.3) is 108 Å². The van der Waals surface area contributed by atoms with Crippen molar-refractivity contribution in [1.29, 1.82) is 0 Å². The molecule has 0 amide bonds. The molecule has 12 rings (SSSR count). The van der Waals surface area contributed by atoms with Crippen molar-refractivity contribution in [3.05, 3.63) is 146 Å². The molecule has 5 aromatic heterocycles. The number of thiophene rings is 1. The Kier molecular flexibility index (Phi) is 4.83. The predicted octanol–water partition coefficient (Wildman–Crippen LogP) is 11.9. The summed E-state index contributed by atoms with van der Waals surface area (Å²) in [7, 11) is 0. The lowest BCUT2D eigenvalue weighted by molar-refractivity contribution is 1.08. The van der Waals surface area contributed by atoms with E-state index in [-0.39, 0.29) is 0 Å². The fraction of sp³-hybridized carbons (Fsp3) is 0. The van der Waals surface area contributed by atoms with Gasteiger partial charge in [-0.25, -0.2) is 9.97 Å². The third kappa shape index (κ3) is 3.27. The highest BCUT2D eigenvalue weighted by Gasteiger charge is 2.26. The van der Waals surface area contributed by atoms with Crippen LogP contribution in [0.2, 0.25) is 0 Å². The van der Waals surface area contributed by atoms with Gasteiger partial charge in [0.05, 0.1) is 37.8 Å². The van der Waals surface area contributed by atoms with Crippen LogP contribution in [-0.4, -0.2) is 18.9 Å². The standard InChI is InChI=1S/C44H24N4S/c1-2-12-25(13-3-1)43-45-40-30-18-8-11-21-37(30)49-42(40)44(46-43)48-34-20-10-6-16-28(34)38-36(48)24-32-31-22-26-14-4-5-15-27(26)23-35(31)47-33-19-9-7-17-29(33)39(38)41(32)47/h1-24H. The molecular formula is C44H24N4S. The zero-order valence-electron chi connectivity index (χ0n) is 26.1. The largest absolute Gasteiger partial charge is 0.308 e. The molecule has 0 aliphatic rings. The molecule has 226 valence electrons. The number of benzene rings is 7. The van der Waals surface area contributed by atoms with Crippen LogP contribution in [0.15, 0.2) is 146 Å². The SMILES string of the molecule is c1ccc(-c2nc(-n3c4ccccc4c4c5c6ccccc6n6c7cc8ccccc8cc7c(cc43)c56)c3sc4ccccc4c3n2)cc1. The first kappa shape index (κ1) is 25.7. The number of fused-ring (bicyclic) bond motifs is 14. The van der Waals surface area contributed by atoms with Gasteiger partial charge in [-0.3, -0.25) is 4.57 Å². The number of para-hydroxylation sites is 2. The van der Waals surface area contributed by atoms with Gasteiger partial charge in [-0.05, 0) is 47.2 Å². The van der Waals surface area contributed by atoms with Crippen molar-refractivity contribution in [2.45, 2.75) is 0 Å². The second-order valence-electron chi connectivity index (χ2n) is 13.0. The molecule has 12 aromatic rings. The molecule has 0 unspecified atom stereocenters. The quantitative estimate of drug-likeness (QED) is 0.188. The molecule has 0 spiro atoms. The van der Waals surface area contributed by atoms with Gasteiger partial charge in [0.2, 0.25) is 0 Å². The Balaban J connectivity index is 1.34. The zero-order valence-corrected chi connectivity index (χ0v) is 26.9. The average Bonchev–Trinajstić information content (AvgIpc) is 3.89. The van der Waals surface area contributed by atoms with Crippen molar-refractivity contribution in [1.82, 2.24) is 18.9 Å². The Morgan fingerprint density at radius 1 is 0.469 bits per heavy atom. The fourth-order valence-corrected chi connectivity index (χ4v) is 9.49. The van der Waals surface area contributed by atoms with Crippen molar-refractivity contribution < 1.29 is 0 Å². The zero-order chi connectivity index (χ0) is 31.8. The molecule has 0 fully saturated rings. The van der Waals surface area contributed by atoms with E-state index in [9.17, 15) is 0 Å². The van der Waals surface area contributed by atoms with E-state index in [1.807, 2.05) is 6.07 Å². The van der Waals surface area contributed by atoms with Crippen LogP contribution >= 0.6 is 11.3 Å². The summed E-state index contributed by atoms with van der Waals surface area (Å²) in [4.78, 5) is 10.7. The van der Waals surface area contributed by atoms with Crippen LogP contribution in [0.1, 0.15) is 0 Å². The molecule has 5 heterocycles. The topological polar surface area (TPSA) is 35.1 Å². The van der Waals surface area contributed by atoms with E-state index in [4.69, 9.17) is 9.97 Å². The van der Waals surface area contributed by atoms with Crippen molar-refractivity contribution in [2.75, 3.05) is 0 Å². The minimum Gasteiger partial charge on any atom is -0.308 e. The first-order valence-electron chi connectivity index (χ1n) is 16.6. The maximum Gasteiger partial charge on any atom is 0.162 e. The van der Waals surface area contributed by atoms with Gasteiger partial charge in [-0.15, -0.1) is 11.3 Å². The molecule has 0 saturated carbocycles. The highest BCUT2D eigenvalue weighted by atomic mass is 32.1. The maximum atomic E-state index is 5.45. The summed E-state index contributed by atoms with van der Waals surface area (Å²) in [5.74, 6) is 1.65. The van der Waals surface area contributed by atoms with E-state index in [2.05, 4.69) is 148 Å². The van der Waals surface area contributed by atoms with Crippen LogP contribution < -0.4 is 0 Å². The molecule has 0 radical (unpaired) electrons. The van der Waals surface area contributed by atoms with Crippen molar-refractivity contribution in [3.8, 4) is 17.2 Å².